The first kappa shape index (κ1) is 20.1. The van der Waals surface area contributed by atoms with Crippen molar-refractivity contribution < 1.29 is 22.4 Å². The van der Waals surface area contributed by atoms with E-state index in [4.69, 9.17) is 0 Å². The molecule has 0 saturated heterocycles. The molecule has 3 aromatic rings. The summed E-state index contributed by atoms with van der Waals surface area (Å²) in [5, 5.41) is 0. The zero-order valence-corrected chi connectivity index (χ0v) is 14.7. The van der Waals surface area contributed by atoms with Gasteiger partial charge in [0.05, 0.1) is 17.8 Å². The summed E-state index contributed by atoms with van der Waals surface area (Å²) in [7, 11) is 0. The van der Waals surface area contributed by atoms with Crippen molar-refractivity contribution in [2.45, 2.75) is 12.7 Å². The number of pyridine rings is 2. The SMILES string of the molecule is O=C(NNc1ccc(F)cc1)c1ccc(=O)n(Cc2ccc(C(F)(F)F)nc2)c1. The molecule has 0 aliphatic rings. The predicted octanol–water partition coefficient (Wildman–Crippen LogP) is 3.21. The van der Waals surface area contributed by atoms with Crippen molar-refractivity contribution in [1.29, 1.82) is 0 Å². The number of amides is 1. The smallest absolute Gasteiger partial charge is 0.310 e. The molecule has 10 heteroatoms. The number of nitrogens with zero attached hydrogens (tertiary/aromatic N) is 2. The molecule has 0 saturated carbocycles. The van der Waals surface area contributed by atoms with Gasteiger partial charge in [-0.1, -0.05) is 6.07 Å². The molecule has 0 atom stereocenters. The molecular formula is C19H14F4N4O2. The summed E-state index contributed by atoms with van der Waals surface area (Å²) < 4.78 is 51.8. The largest absolute Gasteiger partial charge is 0.433 e. The molecule has 2 heterocycles. The average molecular weight is 406 g/mol. The highest BCUT2D eigenvalue weighted by Gasteiger charge is 2.32. The average Bonchev–Trinajstić information content (AvgIpc) is 2.69. The zero-order chi connectivity index (χ0) is 21.0. The first-order chi connectivity index (χ1) is 13.7. The lowest BCUT2D eigenvalue weighted by atomic mass is 10.2. The maximum Gasteiger partial charge on any atom is 0.433 e. The Hall–Kier alpha value is -3.69. The van der Waals surface area contributed by atoms with E-state index >= 15 is 0 Å². The van der Waals surface area contributed by atoms with Crippen LogP contribution in [0.3, 0.4) is 0 Å². The molecule has 6 nitrogen and oxygen atoms in total. The highest BCUT2D eigenvalue weighted by molar-refractivity contribution is 5.94. The van der Waals surface area contributed by atoms with Crippen LogP contribution in [0.1, 0.15) is 21.6 Å². The molecule has 0 spiro atoms. The van der Waals surface area contributed by atoms with Gasteiger partial charge < -0.3 is 4.57 Å². The molecule has 150 valence electrons. The van der Waals surface area contributed by atoms with Crippen LogP contribution in [0.25, 0.3) is 0 Å². The van der Waals surface area contributed by atoms with E-state index in [0.29, 0.717) is 11.3 Å². The number of nitrogens with one attached hydrogen (secondary N) is 2. The first-order valence-corrected chi connectivity index (χ1v) is 8.27. The van der Waals surface area contributed by atoms with E-state index in [1.54, 1.807) is 0 Å². The fraction of sp³-hybridized carbons (Fsp3) is 0.105. The summed E-state index contributed by atoms with van der Waals surface area (Å²) in [5.74, 6) is -0.986. The van der Waals surface area contributed by atoms with Crippen molar-refractivity contribution in [3.8, 4) is 0 Å². The number of benzene rings is 1. The fourth-order valence-corrected chi connectivity index (χ4v) is 2.41. The summed E-state index contributed by atoms with van der Waals surface area (Å²) in [6.07, 6.45) is -2.25. The van der Waals surface area contributed by atoms with Crippen LogP contribution in [-0.2, 0) is 12.7 Å². The van der Waals surface area contributed by atoms with Gasteiger partial charge in [-0.15, -0.1) is 0 Å². The van der Waals surface area contributed by atoms with Crippen LogP contribution in [-0.4, -0.2) is 15.5 Å². The van der Waals surface area contributed by atoms with E-state index in [1.807, 2.05) is 0 Å². The van der Waals surface area contributed by atoms with Crippen molar-refractivity contribution in [2.75, 3.05) is 5.43 Å². The van der Waals surface area contributed by atoms with Gasteiger partial charge in [0.1, 0.15) is 11.5 Å². The topological polar surface area (TPSA) is 76.0 Å². The van der Waals surface area contributed by atoms with Crippen molar-refractivity contribution in [3.05, 3.63) is 93.9 Å². The van der Waals surface area contributed by atoms with E-state index in [9.17, 15) is 27.2 Å². The van der Waals surface area contributed by atoms with Crippen LogP contribution < -0.4 is 16.4 Å². The summed E-state index contributed by atoms with van der Waals surface area (Å²) in [5.41, 5.74) is 4.49. The Morgan fingerprint density at radius 3 is 2.38 bits per heavy atom. The molecule has 1 aromatic carbocycles. The van der Waals surface area contributed by atoms with Crippen LogP contribution in [0.4, 0.5) is 23.2 Å². The Bertz CT molecular complexity index is 1060. The Morgan fingerprint density at radius 2 is 1.76 bits per heavy atom. The van der Waals surface area contributed by atoms with Crippen molar-refractivity contribution in [2.24, 2.45) is 0 Å². The maximum atomic E-state index is 12.9. The van der Waals surface area contributed by atoms with Crippen molar-refractivity contribution in [3.63, 3.8) is 0 Å². The number of aromatic nitrogens is 2. The Morgan fingerprint density at radius 1 is 1.03 bits per heavy atom. The number of carbonyl (C=O) groups excluding carboxylic acids is 1. The molecule has 1 amide bonds. The second kappa shape index (κ2) is 8.13. The van der Waals surface area contributed by atoms with Gasteiger partial charge in [-0.05, 0) is 42.0 Å². The molecule has 0 aliphatic carbocycles. The molecule has 2 N–H and O–H groups in total. The van der Waals surface area contributed by atoms with Crippen LogP contribution in [0, 0.1) is 5.82 Å². The molecule has 2 aromatic heterocycles. The number of alkyl halides is 3. The second-order valence-corrected chi connectivity index (χ2v) is 6.02. The van der Waals surface area contributed by atoms with Crippen molar-refractivity contribution >= 4 is 11.6 Å². The van der Waals surface area contributed by atoms with Crippen LogP contribution in [0.2, 0.25) is 0 Å². The molecular weight excluding hydrogens is 392 g/mol. The minimum absolute atomic E-state index is 0.0590. The zero-order valence-electron chi connectivity index (χ0n) is 14.7. The molecule has 0 unspecified atom stereocenters. The van der Waals surface area contributed by atoms with E-state index < -0.39 is 29.2 Å². The molecule has 0 fully saturated rings. The number of hydrogen-bond donors (Lipinski definition) is 2. The Labute approximate surface area is 161 Å². The Kier molecular flexibility index (Phi) is 5.62. The molecule has 0 aliphatic heterocycles. The van der Waals surface area contributed by atoms with Gasteiger partial charge in [0.2, 0.25) is 0 Å². The van der Waals surface area contributed by atoms with Gasteiger partial charge in [0, 0.05) is 18.5 Å². The predicted molar refractivity (Wildman–Crippen MR) is 96.5 cm³/mol. The van der Waals surface area contributed by atoms with E-state index in [2.05, 4.69) is 15.8 Å². The van der Waals surface area contributed by atoms with Crippen LogP contribution in [0.15, 0.2) is 65.7 Å². The lowest BCUT2D eigenvalue weighted by Crippen LogP contribution is -2.31. The molecule has 29 heavy (non-hydrogen) atoms. The van der Waals surface area contributed by atoms with Gasteiger partial charge in [-0.3, -0.25) is 25.4 Å². The second-order valence-electron chi connectivity index (χ2n) is 6.02. The summed E-state index contributed by atoms with van der Waals surface area (Å²) >= 11 is 0. The molecule has 3 rings (SSSR count). The third kappa shape index (κ3) is 5.18. The number of rotatable bonds is 5. The highest BCUT2D eigenvalue weighted by Crippen LogP contribution is 2.27. The third-order valence-corrected chi connectivity index (χ3v) is 3.88. The quantitative estimate of drug-likeness (QED) is 0.504. The first-order valence-electron chi connectivity index (χ1n) is 8.27. The summed E-state index contributed by atoms with van der Waals surface area (Å²) in [4.78, 5) is 27.6. The minimum Gasteiger partial charge on any atom is -0.310 e. The third-order valence-electron chi connectivity index (χ3n) is 3.88. The number of carbonyl (C=O) groups is 1. The Balaban J connectivity index is 1.71. The lowest BCUT2D eigenvalue weighted by Gasteiger charge is -2.11. The van der Waals surface area contributed by atoms with Crippen LogP contribution >= 0.6 is 0 Å². The number of anilines is 1. The van der Waals surface area contributed by atoms with Crippen LogP contribution in [0.5, 0.6) is 0 Å². The van der Waals surface area contributed by atoms with Gasteiger partial charge in [-0.25, -0.2) is 4.39 Å². The summed E-state index contributed by atoms with van der Waals surface area (Å²) in [6.45, 7) is -0.0590. The number of hydrogen-bond acceptors (Lipinski definition) is 4. The fourth-order valence-electron chi connectivity index (χ4n) is 2.41. The highest BCUT2D eigenvalue weighted by atomic mass is 19.4. The number of hydrazine groups is 1. The minimum atomic E-state index is -4.55. The number of halogens is 4. The van der Waals surface area contributed by atoms with Gasteiger partial charge in [0.25, 0.3) is 11.5 Å². The standard InChI is InChI=1S/C19H14F4N4O2/c20-14-3-5-15(6-4-14)25-26-18(29)13-2-8-17(28)27(11-13)10-12-1-7-16(24-9-12)19(21,22)23/h1-9,11,25H,10H2,(H,26,29). The van der Waals surface area contributed by atoms with Crippen molar-refractivity contribution in [1.82, 2.24) is 15.0 Å². The van der Waals surface area contributed by atoms with E-state index in [0.717, 1.165) is 12.3 Å². The molecule has 0 bridgehead atoms. The molecule has 0 radical (unpaired) electrons. The summed E-state index contributed by atoms with van der Waals surface area (Å²) in [6, 6.07) is 9.80. The maximum absolute atomic E-state index is 12.9. The van der Waals surface area contributed by atoms with Gasteiger partial charge in [0.15, 0.2) is 0 Å². The van der Waals surface area contributed by atoms with E-state index in [1.165, 1.54) is 53.2 Å². The normalized spacial score (nSPS) is 11.2. The monoisotopic (exact) mass is 406 g/mol. The lowest BCUT2D eigenvalue weighted by molar-refractivity contribution is -0.141. The van der Waals surface area contributed by atoms with Gasteiger partial charge >= 0.3 is 6.18 Å². The van der Waals surface area contributed by atoms with Gasteiger partial charge in [-0.2, -0.15) is 13.2 Å². The van der Waals surface area contributed by atoms with E-state index in [-0.39, 0.29) is 12.1 Å².